The van der Waals surface area contributed by atoms with E-state index in [9.17, 15) is 4.79 Å². The number of unbranched alkanes of at least 4 members (excludes halogenated alkanes) is 1. The molecule has 0 aliphatic carbocycles. The first-order valence-corrected chi connectivity index (χ1v) is 8.07. The minimum Gasteiger partial charge on any atom is -0.355 e. The maximum Gasteiger partial charge on any atom is 0.240 e. The van der Waals surface area contributed by atoms with Crippen LogP contribution in [0.25, 0.3) is 0 Å². The lowest BCUT2D eigenvalue weighted by Gasteiger charge is -2.31. The summed E-state index contributed by atoms with van der Waals surface area (Å²) < 4.78 is 0. The van der Waals surface area contributed by atoms with Crippen LogP contribution in [0.5, 0.6) is 0 Å². The van der Waals surface area contributed by atoms with Gasteiger partial charge in [-0.2, -0.15) is 0 Å². The molecule has 0 spiro atoms. The summed E-state index contributed by atoms with van der Waals surface area (Å²) in [6.07, 6.45) is 6.77. The van der Waals surface area contributed by atoms with Crippen LogP contribution in [0, 0.1) is 5.92 Å². The van der Waals surface area contributed by atoms with E-state index in [1.165, 1.54) is 19.3 Å². The molecule has 19 heavy (non-hydrogen) atoms. The molecule has 0 aliphatic rings. The third kappa shape index (κ3) is 6.95. The number of nitrogens with one attached hydrogen (secondary N) is 2. The van der Waals surface area contributed by atoms with Crippen LogP contribution in [-0.4, -0.2) is 24.5 Å². The molecule has 0 aromatic rings. The number of carbonyl (C=O) groups excluding carboxylic acids is 1. The van der Waals surface area contributed by atoms with Crippen molar-refractivity contribution in [1.29, 1.82) is 0 Å². The number of hydrogen-bond acceptors (Lipinski definition) is 2. The zero-order chi connectivity index (χ0) is 14.7. The molecule has 3 heteroatoms. The van der Waals surface area contributed by atoms with E-state index in [-0.39, 0.29) is 5.91 Å². The summed E-state index contributed by atoms with van der Waals surface area (Å²) >= 11 is 0. The molecule has 0 aromatic heterocycles. The largest absolute Gasteiger partial charge is 0.355 e. The van der Waals surface area contributed by atoms with Crippen LogP contribution in [0.2, 0.25) is 0 Å². The molecule has 0 rings (SSSR count). The monoisotopic (exact) mass is 270 g/mol. The molecule has 0 bridgehead atoms. The Bertz CT molecular complexity index is 243. The Labute approximate surface area is 119 Å². The average molecular weight is 270 g/mol. The van der Waals surface area contributed by atoms with Crippen molar-refractivity contribution in [3.63, 3.8) is 0 Å². The van der Waals surface area contributed by atoms with Crippen LogP contribution in [0.1, 0.15) is 73.1 Å². The molecule has 0 fully saturated rings. The summed E-state index contributed by atoms with van der Waals surface area (Å²) in [6.45, 7) is 12.3. The van der Waals surface area contributed by atoms with Crippen LogP contribution in [0.3, 0.4) is 0 Å². The van der Waals surface area contributed by atoms with Gasteiger partial charge >= 0.3 is 0 Å². The van der Waals surface area contributed by atoms with E-state index in [2.05, 4.69) is 31.4 Å². The zero-order valence-corrected chi connectivity index (χ0v) is 13.6. The summed E-state index contributed by atoms with van der Waals surface area (Å²) in [6, 6.07) is 0. The van der Waals surface area contributed by atoms with Gasteiger partial charge in [0.25, 0.3) is 0 Å². The number of carbonyl (C=O) groups is 1. The maximum atomic E-state index is 12.3. The number of likely N-dealkylation sites (N-methyl/N-ethyl adjacent to an activating group) is 1. The fraction of sp³-hybridized carbons (Fsp3) is 0.938. The smallest absolute Gasteiger partial charge is 0.240 e. The van der Waals surface area contributed by atoms with Gasteiger partial charge in [0.05, 0.1) is 5.54 Å². The van der Waals surface area contributed by atoms with Gasteiger partial charge in [-0.25, -0.2) is 0 Å². The second-order valence-electron chi connectivity index (χ2n) is 5.74. The van der Waals surface area contributed by atoms with Crippen molar-refractivity contribution in [2.45, 2.75) is 78.7 Å². The zero-order valence-electron chi connectivity index (χ0n) is 13.6. The highest BCUT2D eigenvalue weighted by Gasteiger charge is 2.31. The first-order valence-electron chi connectivity index (χ1n) is 8.07. The highest BCUT2D eigenvalue weighted by Crippen LogP contribution is 2.17. The van der Waals surface area contributed by atoms with E-state index in [0.29, 0.717) is 12.5 Å². The molecular formula is C16H34N2O. The molecule has 0 heterocycles. The van der Waals surface area contributed by atoms with Crippen molar-refractivity contribution >= 4 is 5.91 Å². The molecule has 1 amide bonds. The molecule has 0 aliphatic heterocycles. The fourth-order valence-corrected chi connectivity index (χ4v) is 2.40. The van der Waals surface area contributed by atoms with Crippen LogP contribution in [-0.2, 0) is 4.79 Å². The lowest BCUT2D eigenvalue weighted by Crippen LogP contribution is -2.55. The summed E-state index contributed by atoms with van der Waals surface area (Å²) in [7, 11) is 0. The van der Waals surface area contributed by atoms with Crippen LogP contribution in [0.15, 0.2) is 0 Å². The predicted molar refractivity (Wildman–Crippen MR) is 83.3 cm³/mol. The van der Waals surface area contributed by atoms with E-state index in [4.69, 9.17) is 0 Å². The minimum atomic E-state index is -0.410. The molecule has 0 aromatic carbocycles. The Kier molecular flexibility index (Phi) is 9.94. The summed E-state index contributed by atoms with van der Waals surface area (Å²) in [4.78, 5) is 12.3. The van der Waals surface area contributed by atoms with E-state index >= 15 is 0 Å². The Morgan fingerprint density at radius 1 is 1.16 bits per heavy atom. The number of amides is 1. The molecule has 114 valence electrons. The van der Waals surface area contributed by atoms with Gasteiger partial charge < -0.3 is 10.6 Å². The van der Waals surface area contributed by atoms with Crippen LogP contribution >= 0.6 is 0 Å². The highest BCUT2D eigenvalue weighted by atomic mass is 16.2. The molecule has 3 nitrogen and oxygen atoms in total. The van der Waals surface area contributed by atoms with Crippen molar-refractivity contribution in [2.75, 3.05) is 13.1 Å². The molecule has 0 saturated carbocycles. The summed E-state index contributed by atoms with van der Waals surface area (Å²) in [5.74, 6) is 0.829. The van der Waals surface area contributed by atoms with Crippen molar-refractivity contribution in [3.8, 4) is 0 Å². The van der Waals surface area contributed by atoms with E-state index in [0.717, 1.165) is 25.8 Å². The van der Waals surface area contributed by atoms with Gasteiger partial charge in [0.15, 0.2) is 0 Å². The van der Waals surface area contributed by atoms with Crippen molar-refractivity contribution < 1.29 is 4.79 Å². The van der Waals surface area contributed by atoms with Gasteiger partial charge in [0, 0.05) is 6.54 Å². The van der Waals surface area contributed by atoms with Gasteiger partial charge in [0.2, 0.25) is 5.91 Å². The Morgan fingerprint density at radius 3 is 2.32 bits per heavy atom. The average Bonchev–Trinajstić information content (AvgIpc) is 2.41. The second-order valence-corrected chi connectivity index (χ2v) is 5.74. The predicted octanol–water partition coefficient (Wildman–Crippen LogP) is 3.49. The highest BCUT2D eigenvalue weighted by molar-refractivity contribution is 5.85. The summed E-state index contributed by atoms with van der Waals surface area (Å²) in [5.41, 5.74) is -0.410. The van der Waals surface area contributed by atoms with Crippen molar-refractivity contribution in [1.82, 2.24) is 10.6 Å². The van der Waals surface area contributed by atoms with Gasteiger partial charge in [-0.15, -0.1) is 0 Å². The Hall–Kier alpha value is -0.570. The molecule has 2 unspecified atom stereocenters. The Morgan fingerprint density at radius 2 is 1.84 bits per heavy atom. The van der Waals surface area contributed by atoms with Crippen molar-refractivity contribution in [3.05, 3.63) is 0 Å². The Balaban J connectivity index is 4.51. The van der Waals surface area contributed by atoms with E-state index < -0.39 is 5.54 Å². The fourth-order valence-electron chi connectivity index (χ4n) is 2.40. The molecule has 0 saturated heterocycles. The lowest BCUT2D eigenvalue weighted by atomic mass is 9.91. The van der Waals surface area contributed by atoms with Gasteiger partial charge in [-0.1, -0.05) is 46.5 Å². The number of rotatable bonds is 11. The molecular weight excluding hydrogens is 236 g/mol. The summed E-state index contributed by atoms with van der Waals surface area (Å²) in [5, 5.41) is 6.51. The SMILES string of the molecule is CCCCC(C)(NCC(CC)CCC)C(=O)NCC. The van der Waals surface area contributed by atoms with Gasteiger partial charge in [-0.3, -0.25) is 4.79 Å². The molecule has 2 atom stereocenters. The quantitative estimate of drug-likeness (QED) is 0.603. The molecule has 0 radical (unpaired) electrons. The third-order valence-corrected chi connectivity index (χ3v) is 3.92. The first-order chi connectivity index (χ1) is 9.03. The minimum absolute atomic E-state index is 0.148. The number of hydrogen-bond donors (Lipinski definition) is 2. The lowest BCUT2D eigenvalue weighted by molar-refractivity contribution is -0.127. The topological polar surface area (TPSA) is 41.1 Å². The van der Waals surface area contributed by atoms with Gasteiger partial charge in [-0.05, 0) is 39.2 Å². The molecule has 2 N–H and O–H groups in total. The van der Waals surface area contributed by atoms with Gasteiger partial charge in [0.1, 0.15) is 0 Å². The second kappa shape index (κ2) is 10.2. The third-order valence-electron chi connectivity index (χ3n) is 3.92. The van der Waals surface area contributed by atoms with E-state index in [1.54, 1.807) is 0 Å². The van der Waals surface area contributed by atoms with Crippen molar-refractivity contribution in [2.24, 2.45) is 5.92 Å². The van der Waals surface area contributed by atoms with E-state index in [1.807, 2.05) is 13.8 Å². The first kappa shape index (κ1) is 18.4. The normalized spacial score (nSPS) is 15.8. The van der Waals surface area contributed by atoms with Crippen LogP contribution in [0.4, 0.5) is 0 Å². The van der Waals surface area contributed by atoms with Crippen LogP contribution < -0.4 is 10.6 Å². The standard InChI is InChI=1S/C16H34N2O/c1-6-10-12-16(5,15(19)17-9-4)18-13-14(8-3)11-7-2/h14,18H,6-13H2,1-5H3,(H,17,19). The maximum absolute atomic E-state index is 12.3.